The Balaban J connectivity index is 3.28. The van der Waals surface area contributed by atoms with Crippen molar-refractivity contribution in [1.82, 2.24) is 0 Å². The molecular weight excluding hydrogens is 203 g/mol. The topological polar surface area (TPSA) is 52.4 Å². The van der Waals surface area contributed by atoms with Crippen LogP contribution in [0.15, 0.2) is 12.1 Å². The number of hydrogen-bond donors (Lipinski definition) is 0. The van der Waals surface area contributed by atoms with Crippen molar-refractivity contribution in [3.8, 4) is 5.75 Å². The molecule has 1 unspecified atom stereocenters. The van der Waals surface area contributed by atoms with Gasteiger partial charge < -0.3 is 4.52 Å². The molecule has 4 nitrogen and oxygen atoms in total. The predicted molar refractivity (Wildman–Crippen MR) is 43.4 cm³/mol. The Bertz CT molecular complexity index is 335. The lowest BCUT2D eigenvalue weighted by molar-refractivity contribution is -0.385. The lowest BCUT2D eigenvalue weighted by Gasteiger charge is -2.01. The van der Waals surface area contributed by atoms with Gasteiger partial charge in [-0.05, 0) is 0 Å². The minimum Gasteiger partial charge on any atom is -0.474 e. The number of nitrogens with zero attached hydrogens (tertiary/aromatic N) is 1. The molecule has 0 saturated carbocycles. The van der Waals surface area contributed by atoms with Crippen molar-refractivity contribution in [2.45, 2.75) is 0 Å². The largest absolute Gasteiger partial charge is 0.474 e. The van der Waals surface area contributed by atoms with Gasteiger partial charge in [-0.1, -0.05) is 0 Å². The Hall–Kier alpha value is -1.29. The normalized spacial score (nSPS) is 9.77. The summed E-state index contributed by atoms with van der Waals surface area (Å²) in [5, 5.41) is 10.1. The van der Waals surface area contributed by atoms with Gasteiger partial charge in [0.1, 0.15) is 0 Å². The summed E-state index contributed by atoms with van der Waals surface area (Å²) in [6, 6.07) is 1.17. The van der Waals surface area contributed by atoms with Crippen LogP contribution < -0.4 is 4.52 Å². The van der Waals surface area contributed by atoms with Crippen molar-refractivity contribution in [1.29, 1.82) is 0 Å². The third-order valence-corrected chi connectivity index (χ3v) is 1.55. The lowest BCUT2D eigenvalue weighted by Crippen LogP contribution is -1.93. The summed E-state index contributed by atoms with van der Waals surface area (Å²) in [4.78, 5) is 9.24. The highest BCUT2D eigenvalue weighted by molar-refractivity contribution is 7.10. The Labute approximate surface area is 73.9 Å². The third-order valence-electron chi connectivity index (χ3n) is 1.31. The van der Waals surface area contributed by atoms with Crippen LogP contribution in [0.25, 0.3) is 0 Å². The number of nitro benzene ring substituents is 1. The van der Waals surface area contributed by atoms with E-state index in [4.69, 9.17) is 0 Å². The molecule has 0 heterocycles. The summed E-state index contributed by atoms with van der Waals surface area (Å²) >= 11 is 0. The number of rotatable bonds is 2. The van der Waals surface area contributed by atoms with Gasteiger partial charge in [-0.25, -0.2) is 8.78 Å². The average molecular weight is 207 g/mol. The molecule has 13 heavy (non-hydrogen) atoms. The summed E-state index contributed by atoms with van der Waals surface area (Å²) in [5.41, 5.74) is -0.652. The predicted octanol–water partition coefficient (Wildman–Crippen LogP) is 2.04. The summed E-state index contributed by atoms with van der Waals surface area (Å²) < 4.78 is 29.8. The second-order valence-corrected chi connectivity index (χ2v) is 2.35. The lowest BCUT2D eigenvalue weighted by atomic mass is 10.3. The fraction of sp³-hybridized carbons (Fsp3) is 0. The third kappa shape index (κ3) is 1.89. The molecule has 0 spiro atoms. The molecule has 0 aliphatic heterocycles. The van der Waals surface area contributed by atoms with Crippen LogP contribution in [-0.4, -0.2) is 4.92 Å². The molecular formula is C6H4F2NO3P. The second-order valence-electron chi connectivity index (χ2n) is 2.11. The van der Waals surface area contributed by atoms with Crippen LogP contribution in [0.2, 0.25) is 0 Å². The minimum absolute atomic E-state index is 0.586. The first kappa shape index (κ1) is 9.80. The van der Waals surface area contributed by atoms with Crippen LogP contribution in [0.1, 0.15) is 0 Å². The summed E-state index contributed by atoms with van der Waals surface area (Å²) in [7, 11) is 1.65. The van der Waals surface area contributed by atoms with Gasteiger partial charge in [-0.15, -0.1) is 0 Å². The van der Waals surface area contributed by atoms with Crippen molar-refractivity contribution in [2.24, 2.45) is 0 Å². The van der Waals surface area contributed by atoms with Gasteiger partial charge in [0.15, 0.2) is 17.4 Å². The standard InChI is InChI=1S/C6H4F2NO3P/c7-4-1-3(9(10)11)2-5(8)6(4)12-13/h1-2H,13H2. The van der Waals surface area contributed by atoms with E-state index in [9.17, 15) is 18.9 Å². The first-order valence-electron chi connectivity index (χ1n) is 3.06. The molecule has 70 valence electrons. The van der Waals surface area contributed by atoms with E-state index in [1.165, 1.54) is 0 Å². The van der Waals surface area contributed by atoms with E-state index < -0.39 is 28.0 Å². The molecule has 1 atom stereocenters. The molecule has 0 N–H and O–H groups in total. The molecule has 0 aromatic heterocycles. The fourth-order valence-electron chi connectivity index (χ4n) is 0.765. The van der Waals surface area contributed by atoms with Crippen LogP contribution in [0.5, 0.6) is 5.75 Å². The Morgan fingerprint density at radius 3 is 2.15 bits per heavy atom. The molecule has 0 bridgehead atoms. The SMILES string of the molecule is O=[N+]([O-])c1cc(F)c(OP)c(F)c1. The Morgan fingerprint density at radius 1 is 1.38 bits per heavy atom. The molecule has 0 aliphatic carbocycles. The van der Waals surface area contributed by atoms with E-state index in [0.717, 1.165) is 0 Å². The highest BCUT2D eigenvalue weighted by Gasteiger charge is 2.16. The van der Waals surface area contributed by atoms with Crippen molar-refractivity contribution < 1.29 is 18.2 Å². The van der Waals surface area contributed by atoms with E-state index in [-0.39, 0.29) is 0 Å². The minimum atomic E-state index is -1.11. The summed E-state index contributed by atoms with van der Waals surface area (Å²) in [6.45, 7) is 0. The van der Waals surface area contributed by atoms with Crippen LogP contribution in [0, 0.1) is 21.7 Å². The zero-order valence-electron chi connectivity index (χ0n) is 6.16. The number of benzene rings is 1. The molecule has 0 fully saturated rings. The van der Waals surface area contributed by atoms with Crippen molar-refractivity contribution in [3.05, 3.63) is 33.9 Å². The molecule has 0 saturated heterocycles. The number of non-ortho nitro benzene ring substituents is 1. The van der Waals surface area contributed by atoms with Crippen LogP contribution in [-0.2, 0) is 0 Å². The maximum Gasteiger partial charge on any atom is 0.275 e. The van der Waals surface area contributed by atoms with Gasteiger partial charge in [0, 0.05) is 0 Å². The number of nitro groups is 1. The van der Waals surface area contributed by atoms with Gasteiger partial charge in [-0.3, -0.25) is 10.1 Å². The number of hydrogen-bond acceptors (Lipinski definition) is 3. The van der Waals surface area contributed by atoms with Crippen molar-refractivity contribution in [3.63, 3.8) is 0 Å². The summed E-state index contributed by atoms with van der Waals surface area (Å²) in [5.74, 6) is -2.88. The van der Waals surface area contributed by atoms with Crippen molar-refractivity contribution in [2.75, 3.05) is 0 Å². The average Bonchev–Trinajstić information content (AvgIpc) is 2.03. The second kappa shape index (κ2) is 3.62. The first-order valence-corrected chi connectivity index (χ1v) is 3.53. The molecule has 1 aromatic rings. The van der Waals surface area contributed by atoms with E-state index in [2.05, 4.69) is 4.52 Å². The zero-order chi connectivity index (χ0) is 10.0. The first-order chi connectivity index (χ1) is 6.06. The Morgan fingerprint density at radius 2 is 1.85 bits per heavy atom. The number of halogens is 2. The van der Waals surface area contributed by atoms with Gasteiger partial charge >= 0.3 is 0 Å². The molecule has 0 amide bonds. The smallest absolute Gasteiger partial charge is 0.275 e. The molecule has 0 aliphatic rings. The molecule has 1 aromatic carbocycles. The van der Waals surface area contributed by atoms with Crippen LogP contribution in [0.3, 0.4) is 0 Å². The maximum atomic E-state index is 12.8. The van der Waals surface area contributed by atoms with E-state index in [1.54, 1.807) is 9.47 Å². The summed E-state index contributed by atoms with van der Waals surface area (Å²) in [6.07, 6.45) is 0. The van der Waals surface area contributed by atoms with Crippen molar-refractivity contribution >= 4 is 15.2 Å². The van der Waals surface area contributed by atoms with Gasteiger partial charge in [-0.2, -0.15) is 0 Å². The highest BCUT2D eigenvalue weighted by Crippen LogP contribution is 2.27. The van der Waals surface area contributed by atoms with Crippen LogP contribution in [0.4, 0.5) is 14.5 Å². The van der Waals surface area contributed by atoms with E-state index >= 15 is 0 Å². The molecule has 7 heteroatoms. The van der Waals surface area contributed by atoms with E-state index in [1.807, 2.05) is 0 Å². The van der Waals surface area contributed by atoms with Gasteiger partial charge in [0.25, 0.3) is 5.69 Å². The van der Waals surface area contributed by atoms with E-state index in [0.29, 0.717) is 12.1 Å². The maximum absolute atomic E-state index is 12.8. The zero-order valence-corrected chi connectivity index (χ0v) is 7.31. The molecule has 0 radical (unpaired) electrons. The highest BCUT2D eigenvalue weighted by atomic mass is 31.0. The Kier molecular flexibility index (Phi) is 2.72. The quantitative estimate of drug-likeness (QED) is 0.423. The molecule has 1 rings (SSSR count). The van der Waals surface area contributed by atoms with Gasteiger partial charge in [0.05, 0.1) is 26.5 Å². The monoisotopic (exact) mass is 207 g/mol. The van der Waals surface area contributed by atoms with Gasteiger partial charge in [0.2, 0.25) is 0 Å². The fourth-order valence-corrected chi connectivity index (χ4v) is 0.990. The van der Waals surface area contributed by atoms with Crippen LogP contribution >= 0.6 is 9.47 Å².